The highest BCUT2D eigenvalue weighted by molar-refractivity contribution is 5.35. The number of hydrogen-bond donors (Lipinski definition) is 1. The number of nitrogens with one attached hydrogen (secondary N) is 1. The van der Waals surface area contributed by atoms with Gasteiger partial charge in [-0.15, -0.1) is 0 Å². The zero-order valence-electron chi connectivity index (χ0n) is 12.8. The first-order valence-electron chi connectivity index (χ1n) is 7.41. The van der Waals surface area contributed by atoms with Crippen LogP contribution < -0.4 is 5.32 Å². The van der Waals surface area contributed by atoms with E-state index < -0.39 is 0 Å². The van der Waals surface area contributed by atoms with Crippen LogP contribution in [-0.4, -0.2) is 20.8 Å². The largest absolute Gasteiger partial charge is 0.310 e. The van der Waals surface area contributed by atoms with Gasteiger partial charge in [-0.05, 0) is 25.0 Å². The maximum absolute atomic E-state index is 4.68. The molecule has 0 unspecified atom stereocenters. The fraction of sp³-hybridized carbons (Fsp3) is 0.500. The molecule has 2 rings (SSSR count). The Morgan fingerprint density at radius 1 is 1.25 bits per heavy atom. The van der Waals surface area contributed by atoms with Crippen molar-refractivity contribution in [2.24, 2.45) is 0 Å². The van der Waals surface area contributed by atoms with Crippen molar-refractivity contribution in [1.29, 1.82) is 0 Å². The highest BCUT2D eigenvalue weighted by Gasteiger charge is 2.12. The van der Waals surface area contributed by atoms with Gasteiger partial charge in [0.1, 0.15) is 0 Å². The van der Waals surface area contributed by atoms with Crippen molar-refractivity contribution in [3.8, 4) is 5.82 Å². The number of nitrogens with zero attached hydrogens (tertiary/aromatic N) is 3. The Morgan fingerprint density at radius 3 is 2.70 bits per heavy atom. The number of hydrogen-bond acceptors (Lipinski definition) is 3. The fourth-order valence-corrected chi connectivity index (χ4v) is 2.16. The summed E-state index contributed by atoms with van der Waals surface area (Å²) in [5.41, 5.74) is 3.52. The second kappa shape index (κ2) is 6.66. The molecule has 0 saturated heterocycles. The standard InChI is InChI=1S/C16H24N4/c1-5-14-10-15(6-2)20(19-14)16-13(8-7-9-17-16)11-18-12(3)4/h7-10,12,18H,5-6,11H2,1-4H3. The van der Waals surface area contributed by atoms with E-state index in [1.807, 2.05) is 16.9 Å². The Hall–Kier alpha value is -1.68. The average Bonchev–Trinajstić information content (AvgIpc) is 2.88. The third-order valence-corrected chi connectivity index (χ3v) is 3.33. The molecule has 0 aliphatic rings. The molecule has 0 radical (unpaired) electrons. The summed E-state index contributed by atoms with van der Waals surface area (Å²) in [4.78, 5) is 4.54. The molecular formula is C16H24N4. The molecule has 0 atom stereocenters. The van der Waals surface area contributed by atoms with E-state index in [0.717, 1.165) is 30.9 Å². The first-order valence-corrected chi connectivity index (χ1v) is 7.41. The Morgan fingerprint density at radius 2 is 2.05 bits per heavy atom. The highest BCUT2D eigenvalue weighted by Crippen LogP contribution is 2.16. The molecular weight excluding hydrogens is 248 g/mol. The molecule has 0 saturated carbocycles. The van der Waals surface area contributed by atoms with E-state index in [2.05, 4.69) is 55.2 Å². The molecule has 0 spiro atoms. The summed E-state index contributed by atoms with van der Waals surface area (Å²) in [5, 5.41) is 8.13. The summed E-state index contributed by atoms with van der Waals surface area (Å²) in [6, 6.07) is 6.73. The van der Waals surface area contributed by atoms with Crippen molar-refractivity contribution in [2.45, 2.75) is 53.1 Å². The summed E-state index contributed by atoms with van der Waals surface area (Å²) < 4.78 is 2.00. The van der Waals surface area contributed by atoms with E-state index in [-0.39, 0.29) is 0 Å². The van der Waals surface area contributed by atoms with Crippen LogP contribution in [-0.2, 0) is 19.4 Å². The fourth-order valence-electron chi connectivity index (χ4n) is 2.16. The predicted octanol–water partition coefficient (Wildman–Crippen LogP) is 2.89. The average molecular weight is 272 g/mol. The van der Waals surface area contributed by atoms with Crippen LogP contribution >= 0.6 is 0 Å². The van der Waals surface area contributed by atoms with Crippen LogP contribution in [0, 0.1) is 0 Å². The van der Waals surface area contributed by atoms with Crippen molar-refractivity contribution >= 4 is 0 Å². The number of aromatic nitrogens is 3. The van der Waals surface area contributed by atoms with Gasteiger partial charge in [0.25, 0.3) is 0 Å². The molecule has 1 N–H and O–H groups in total. The molecule has 20 heavy (non-hydrogen) atoms. The number of rotatable bonds is 6. The van der Waals surface area contributed by atoms with Gasteiger partial charge >= 0.3 is 0 Å². The monoisotopic (exact) mass is 272 g/mol. The normalized spacial score (nSPS) is 11.2. The molecule has 108 valence electrons. The number of pyridine rings is 1. The topological polar surface area (TPSA) is 42.7 Å². The summed E-state index contributed by atoms with van der Waals surface area (Å²) in [7, 11) is 0. The van der Waals surface area contributed by atoms with E-state index >= 15 is 0 Å². The molecule has 0 aromatic carbocycles. The van der Waals surface area contributed by atoms with Gasteiger partial charge in [0.2, 0.25) is 0 Å². The lowest BCUT2D eigenvalue weighted by atomic mass is 10.2. The molecule has 0 bridgehead atoms. The van der Waals surface area contributed by atoms with E-state index in [4.69, 9.17) is 0 Å². The molecule has 2 heterocycles. The minimum Gasteiger partial charge on any atom is -0.310 e. The predicted molar refractivity (Wildman–Crippen MR) is 82.1 cm³/mol. The third kappa shape index (κ3) is 3.25. The van der Waals surface area contributed by atoms with Crippen LogP contribution in [0.2, 0.25) is 0 Å². The molecule has 0 aliphatic carbocycles. The summed E-state index contributed by atoms with van der Waals surface area (Å²) in [5.74, 6) is 0.942. The number of aryl methyl sites for hydroxylation is 2. The Balaban J connectivity index is 2.38. The van der Waals surface area contributed by atoms with Crippen LogP contribution in [0.4, 0.5) is 0 Å². The van der Waals surface area contributed by atoms with E-state index in [1.165, 1.54) is 11.3 Å². The van der Waals surface area contributed by atoms with Crippen LogP contribution in [0.15, 0.2) is 24.4 Å². The first kappa shape index (κ1) is 14.7. The Bertz CT molecular complexity index is 557. The van der Waals surface area contributed by atoms with E-state index in [9.17, 15) is 0 Å². The van der Waals surface area contributed by atoms with Gasteiger partial charge < -0.3 is 5.32 Å². The minimum absolute atomic E-state index is 0.456. The summed E-state index contributed by atoms with van der Waals surface area (Å²) in [6.07, 6.45) is 3.74. The minimum atomic E-state index is 0.456. The van der Waals surface area contributed by atoms with Crippen molar-refractivity contribution in [1.82, 2.24) is 20.1 Å². The van der Waals surface area contributed by atoms with Crippen molar-refractivity contribution in [3.63, 3.8) is 0 Å². The quantitative estimate of drug-likeness (QED) is 0.879. The lowest BCUT2D eigenvalue weighted by Crippen LogP contribution is -2.23. The molecule has 2 aromatic heterocycles. The third-order valence-electron chi connectivity index (χ3n) is 3.33. The molecule has 4 heteroatoms. The van der Waals surface area contributed by atoms with Gasteiger partial charge in [-0.1, -0.05) is 33.8 Å². The van der Waals surface area contributed by atoms with Crippen LogP contribution in [0.25, 0.3) is 5.82 Å². The lowest BCUT2D eigenvalue weighted by molar-refractivity contribution is 0.584. The molecule has 0 fully saturated rings. The molecule has 4 nitrogen and oxygen atoms in total. The summed E-state index contributed by atoms with van der Waals surface area (Å²) >= 11 is 0. The van der Waals surface area contributed by atoms with Crippen LogP contribution in [0.5, 0.6) is 0 Å². The Kier molecular flexibility index (Phi) is 4.90. The van der Waals surface area contributed by atoms with Gasteiger partial charge in [0, 0.05) is 30.0 Å². The van der Waals surface area contributed by atoms with Crippen molar-refractivity contribution in [2.75, 3.05) is 0 Å². The molecule has 0 aliphatic heterocycles. The van der Waals surface area contributed by atoms with Crippen LogP contribution in [0.3, 0.4) is 0 Å². The first-order chi connectivity index (χ1) is 9.65. The SMILES string of the molecule is CCc1cc(CC)n(-c2ncccc2CNC(C)C)n1. The van der Waals surface area contributed by atoms with Gasteiger partial charge in [-0.25, -0.2) is 9.67 Å². The maximum Gasteiger partial charge on any atom is 0.158 e. The maximum atomic E-state index is 4.68. The molecule has 0 amide bonds. The van der Waals surface area contributed by atoms with E-state index in [0.29, 0.717) is 6.04 Å². The Labute approximate surface area is 121 Å². The van der Waals surface area contributed by atoms with Gasteiger partial charge in [0.15, 0.2) is 5.82 Å². The van der Waals surface area contributed by atoms with Gasteiger partial charge in [-0.2, -0.15) is 5.10 Å². The van der Waals surface area contributed by atoms with Crippen LogP contribution in [0.1, 0.15) is 44.6 Å². The van der Waals surface area contributed by atoms with Gasteiger partial charge in [0.05, 0.1) is 5.69 Å². The van der Waals surface area contributed by atoms with Crippen molar-refractivity contribution < 1.29 is 0 Å². The zero-order valence-corrected chi connectivity index (χ0v) is 12.8. The molecule has 2 aromatic rings. The lowest BCUT2D eigenvalue weighted by Gasteiger charge is -2.13. The second-order valence-corrected chi connectivity index (χ2v) is 5.27. The highest BCUT2D eigenvalue weighted by atomic mass is 15.3. The van der Waals surface area contributed by atoms with E-state index in [1.54, 1.807) is 0 Å². The van der Waals surface area contributed by atoms with Crippen molar-refractivity contribution in [3.05, 3.63) is 41.3 Å². The smallest absolute Gasteiger partial charge is 0.158 e. The van der Waals surface area contributed by atoms with Gasteiger partial charge in [-0.3, -0.25) is 0 Å². The summed E-state index contributed by atoms with van der Waals surface area (Å²) in [6.45, 7) is 9.40. The second-order valence-electron chi connectivity index (χ2n) is 5.27. The zero-order chi connectivity index (χ0) is 14.5.